The van der Waals surface area contributed by atoms with E-state index in [0.717, 1.165) is 5.69 Å². The molecule has 3 aromatic rings. The summed E-state index contributed by atoms with van der Waals surface area (Å²) in [6.45, 7) is 0. The Balaban J connectivity index is 1.77. The molecule has 4 nitrogen and oxygen atoms in total. The first-order valence-electron chi connectivity index (χ1n) is 7.56. The van der Waals surface area contributed by atoms with Gasteiger partial charge in [-0.15, -0.1) is 0 Å². The van der Waals surface area contributed by atoms with Crippen LogP contribution in [0, 0.1) is 0 Å². The maximum atomic E-state index is 12.5. The van der Waals surface area contributed by atoms with Gasteiger partial charge < -0.3 is 10.2 Å². The topological polar surface area (TPSA) is 45.2 Å². The van der Waals surface area contributed by atoms with Crippen LogP contribution in [0.1, 0.15) is 10.5 Å². The van der Waals surface area contributed by atoms with Gasteiger partial charge in [-0.05, 0) is 36.4 Å². The largest absolute Gasteiger partial charge is 0.352 e. The quantitative estimate of drug-likeness (QED) is 0.666. The number of carbonyl (C=O) groups is 1. The van der Waals surface area contributed by atoms with E-state index in [4.69, 9.17) is 23.2 Å². The van der Waals surface area contributed by atoms with Crippen molar-refractivity contribution in [3.63, 3.8) is 0 Å². The molecule has 6 heteroatoms. The van der Waals surface area contributed by atoms with Gasteiger partial charge in [0.2, 0.25) is 0 Å². The number of pyridine rings is 1. The summed E-state index contributed by atoms with van der Waals surface area (Å²) in [6, 6.07) is 18.1. The molecule has 25 heavy (non-hydrogen) atoms. The van der Waals surface area contributed by atoms with Crippen LogP contribution >= 0.6 is 23.2 Å². The first kappa shape index (κ1) is 17.3. The molecule has 0 bridgehead atoms. The van der Waals surface area contributed by atoms with Gasteiger partial charge in [0.25, 0.3) is 5.91 Å². The maximum absolute atomic E-state index is 12.5. The predicted molar refractivity (Wildman–Crippen MR) is 103 cm³/mol. The molecule has 0 atom stereocenters. The first-order valence-corrected chi connectivity index (χ1v) is 8.32. The lowest BCUT2D eigenvalue weighted by atomic mass is 10.2. The Morgan fingerprint density at radius 1 is 0.960 bits per heavy atom. The Bertz CT molecular complexity index is 863. The van der Waals surface area contributed by atoms with Crippen molar-refractivity contribution in [2.45, 2.75) is 0 Å². The second kappa shape index (κ2) is 7.55. The lowest BCUT2D eigenvalue weighted by Gasteiger charge is -2.17. The van der Waals surface area contributed by atoms with Gasteiger partial charge in [-0.25, -0.2) is 4.98 Å². The van der Waals surface area contributed by atoms with Crippen LogP contribution < -0.4 is 10.2 Å². The number of aromatic nitrogens is 1. The zero-order valence-electron chi connectivity index (χ0n) is 13.4. The molecule has 1 heterocycles. The smallest absolute Gasteiger partial charge is 0.276 e. The van der Waals surface area contributed by atoms with E-state index in [1.54, 1.807) is 48.5 Å². The summed E-state index contributed by atoms with van der Waals surface area (Å²) in [7, 11) is 1.72. The Morgan fingerprint density at radius 3 is 2.24 bits per heavy atom. The van der Waals surface area contributed by atoms with E-state index in [0.29, 0.717) is 27.1 Å². The zero-order valence-corrected chi connectivity index (χ0v) is 14.9. The molecular weight excluding hydrogens is 357 g/mol. The van der Waals surface area contributed by atoms with Gasteiger partial charge in [-0.1, -0.05) is 47.5 Å². The van der Waals surface area contributed by atoms with Crippen LogP contribution in [-0.4, -0.2) is 17.9 Å². The molecule has 0 aliphatic heterocycles. The third kappa shape index (κ3) is 3.92. The molecule has 0 radical (unpaired) electrons. The minimum absolute atomic E-state index is 0.187. The van der Waals surface area contributed by atoms with Crippen LogP contribution in [-0.2, 0) is 0 Å². The van der Waals surface area contributed by atoms with Crippen molar-refractivity contribution in [2.24, 2.45) is 0 Å². The lowest BCUT2D eigenvalue weighted by Crippen LogP contribution is -2.26. The van der Waals surface area contributed by atoms with E-state index >= 15 is 0 Å². The second-order valence-corrected chi connectivity index (χ2v) is 6.17. The molecule has 1 N–H and O–H groups in total. The summed E-state index contributed by atoms with van der Waals surface area (Å²) in [4.78, 5) is 18.3. The summed E-state index contributed by atoms with van der Waals surface area (Å²) in [5, 5.41) is 4.14. The number of amides is 1. The van der Waals surface area contributed by atoms with E-state index in [1.807, 2.05) is 30.3 Å². The molecule has 0 saturated heterocycles. The second-order valence-electron chi connectivity index (χ2n) is 5.35. The maximum Gasteiger partial charge on any atom is 0.276 e. The van der Waals surface area contributed by atoms with E-state index in [-0.39, 0.29) is 5.91 Å². The fourth-order valence-corrected chi connectivity index (χ4v) is 2.79. The third-order valence-corrected chi connectivity index (χ3v) is 4.29. The number of halogens is 2. The number of carbonyl (C=O) groups excluding carboxylic acids is 1. The summed E-state index contributed by atoms with van der Waals surface area (Å²) in [5.41, 5.74) is 2.45. The molecule has 0 aliphatic carbocycles. The molecule has 126 valence electrons. The number of benzene rings is 2. The molecule has 0 spiro atoms. The average molecular weight is 372 g/mol. The van der Waals surface area contributed by atoms with Gasteiger partial charge in [-0.3, -0.25) is 4.79 Å². The molecule has 2 aromatic carbocycles. The number of nitrogens with zero attached hydrogens (tertiary/aromatic N) is 2. The van der Waals surface area contributed by atoms with Gasteiger partial charge in [0.15, 0.2) is 0 Å². The Labute approximate surface area is 156 Å². The van der Waals surface area contributed by atoms with Crippen LogP contribution in [0.5, 0.6) is 0 Å². The first-order chi connectivity index (χ1) is 12.1. The zero-order chi connectivity index (χ0) is 17.8. The summed E-state index contributed by atoms with van der Waals surface area (Å²) in [5.74, 6) is -0.187. The third-order valence-electron chi connectivity index (χ3n) is 3.66. The number of para-hydroxylation sites is 2. The molecular formula is C19H15Cl2N3O. The summed E-state index contributed by atoms with van der Waals surface area (Å²) in [6.07, 6.45) is 1.58. The molecule has 3 rings (SSSR count). The van der Waals surface area contributed by atoms with Gasteiger partial charge in [0.1, 0.15) is 5.69 Å². The standard InChI is InChI=1S/C19H15Cl2N3O/c1-24(14-6-3-2-4-7-14)19(25)17-11-10-13(12-22-17)23-18-15(20)8-5-9-16(18)21/h2-12,23H,1H3. The number of nitrogens with one attached hydrogen (secondary N) is 1. The van der Waals surface area contributed by atoms with Gasteiger partial charge >= 0.3 is 0 Å². The summed E-state index contributed by atoms with van der Waals surface area (Å²) >= 11 is 12.3. The fourth-order valence-electron chi connectivity index (χ4n) is 2.30. The molecule has 0 aliphatic rings. The fraction of sp³-hybridized carbons (Fsp3) is 0.0526. The van der Waals surface area contributed by atoms with Crippen molar-refractivity contribution in [3.8, 4) is 0 Å². The lowest BCUT2D eigenvalue weighted by molar-refractivity contribution is 0.0988. The van der Waals surface area contributed by atoms with Crippen molar-refractivity contribution in [1.29, 1.82) is 0 Å². The van der Waals surface area contributed by atoms with Crippen LogP contribution in [0.4, 0.5) is 17.1 Å². The highest BCUT2D eigenvalue weighted by Gasteiger charge is 2.14. The van der Waals surface area contributed by atoms with Crippen molar-refractivity contribution in [3.05, 3.63) is 82.6 Å². The van der Waals surface area contributed by atoms with Crippen LogP contribution in [0.15, 0.2) is 66.9 Å². The molecule has 1 aromatic heterocycles. The van der Waals surface area contributed by atoms with Gasteiger partial charge in [0.05, 0.1) is 27.6 Å². The number of hydrogen-bond donors (Lipinski definition) is 1. The predicted octanol–water partition coefficient (Wildman–Crippen LogP) is 5.41. The number of hydrogen-bond acceptors (Lipinski definition) is 3. The highest BCUT2D eigenvalue weighted by Crippen LogP contribution is 2.32. The van der Waals surface area contributed by atoms with E-state index in [9.17, 15) is 4.79 Å². The SMILES string of the molecule is CN(C(=O)c1ccc(Nc2c(Cl)cccc2Cl)cn1)c1ccccc1. The Hall–Kier alpha value is -2.56. The molecule has 0 saturated carbocycles. The monoisotopic (exact) mass is 371 g/mol. The van der Waals surface area contributed by atoms with Gasteiger partial charge in [-0.2, -0.15) is 0 Å². The Morgan fingerprint density at radius 2 is 1.64 bits per heavy atom. The van der Waals surface area contributed by atoms with Crippen LogP contribution in [0.3, 0.4) is 0 Å². The minimum Gasteiger partial charge on any atom is -0.352 e. The van der Waals surface area contributed by atoms with E-state index in [1.165, 1.54) is 0 Å². The van der Waals surface area contributed by atoms with Crippen LogP contribution in [0.2, 0.25) is 10.0 Å². The van der Waals surface area contributed by atoms with Crippen molar-refractivity contribution >= 4 is 46.2 Å². The van der Waals surface area contributed by atoms with Crippen molar-refractivity contribution < 1.29 is 4.79 Å². The minimum atomic E-state index is -0.187. The van der Waals surface area contributed by atoms with Crippen molar-refractivity contribution in [1.82, 2.24) is 4.98 Å². The molecule has 1 amide bonds. The van der Waals surface area contributed by atoms with E-state index < -0.39 is 0 Å². The van der Waals surface area contributed by atoms with Gasteiger partial charge in [0, 0.05) is 12.7 Å². The highest BCUT2D eigenvalue weighted by molar-refractivity contribution is 6.39. The highest BCUT2D eigenvalue weighted by atomic mass is 35.5. The van der Waals surface area contributed by atoms with E-state index in [2.05, 4.69) is 10.3 Å². The van der Waals surface area contributed by atoms with Crippen molar-refractivity contribution in [2.75, 3.05) is 17.3 Å². The molecule has 0 fully saturated rings. The van der Waals surface area contributed by atoms with Crippen LogP contribution in [0.25, 0.3) is 0 Å². The molecule has 0 unspecified atom stereocenters. The average Bonchev–Trinajstić information content (AvgIpc) is 2.65. The normalized spacial score (nSPS) is 10.4. The number of anilines is 3. The Kier molecular flexibility index (Phi) is 5.22. The summed E-state index contributed by atoms with van der Waals surface area (Å²) < 4.78 is 0. The number of rotatable bonds is 4.